The van der Waals surface area contributed by atoms with Crippen molar-refractivity contribution in [2.24, 2.45) is 0 Å². The summed E-state index contributed by atoms with van der Waals surface area (Å²) in [6, 6.07) is 13.5. The lowest BCUT2D eigenvalue weighted by atomic mass is 9.99. The predicted octanol–water partition coefficient (Wildman–Crippen LogP) is 4.75. The van der Waals surface area contributed by atoms with Gasteiger partial charge in [0.1, 0.15) is 5.75 Å². The van der Waals surface area contributed by atoms with Crippen molar-refractivity contribution in [2.75, 3.05) is 11.4 Å². The van der Waals surface area contributed by atoms with Gasteiger partial charge in [-0.2, -0.15) is 0 Å². The van der Waals surface area contributed by atoms with E-state index in [0.29, 0.717) is 12.6 Å². The van der Waals surface area contributed by atoms with Crippen molar-refractivity contribution >= 4 is 22.2 Å². The van der Waals surface area contributed by atoms with Gasteiger partial charge >= 0.3 is 0 Å². The quantitative estimate of drug-likeness (QED) is 0.436. The molecule has 2 heterocycles. The van der Waals surface area contributed by atoms with Crippen LogP contribution >= 0.6 is 11.3 Å². The molecule has 7 heteroatoms. The number of non-ortho nitro benzene ring substituents is 1. The van der Waals surface area contributed by atoms with Crippen LogP contribution in [0.4, 0.5) is 10.8 Å². The Kier molecular flexibility index (Phi) is 4.67. The minimum atomic E-state index is -0.332. The van der Waals surface area contributed by atoms with Gasteiger partial charge in [-0.15, -0.1) is 11.3 Å². The molecule has 1 fully saturated rings. The van der Waals surface area contributed by atoms with E-state index in [1.807, 2.05) is 24.4 Å². The molecule has 29 heavy (non-hydrogen) atoms. The normalized spacial score (nSPS) is 15.8. The predicted molar refractivity (Wildman–Crippen MR) is 113 cm³/mol. The number of hydrogen-bond acceptors (Lipinski definition) is 6. The van der Waals surface area contributed by atoms with Crippen LogP contribution in [0.3, 0.4) is 0 Å². The summed E-state index contributed by atoms with van der Waals surface area (Å²) in [5.41, 5.74) is 3.60. The summed E-state index contributed by atoms with van der Waals surface area (Å²) in [7, 11) is 0. The van der Waals surface area contributed by atoms with E-state index >= 15 is 0 Å². The number of benzene rings is 2. The van der Waals surface area contributed by atoms with Gasteiger partial charge < -0.3 is 9.64 Å². The maximum atomic E-state index is 11.1. The molecule has 0 saturated heterocycles. The molecule has 0 bridgehead atoms. The lowest BCUT2D eigenvalue weighted by Gasteiger charge is -2.28. The highest BCUT2D eigenvalue weighted by molar-refractivity contribution is 7.15. The first-order valence-electron chi connectivity index (χ1n) is 9.85. The highest BCUT2D eigenvalue weighted by Gasteiger charge is 2.23. The SMILES string of the molecule is O=[N+]([O-])c1ccc2c(c1)CN(c1ncc(Cc3ccc(OC4CC4)cc3)s1)CC2. The standard InChI is InChI=1S/C22H21N3O3S/c26-25(27)18-4-3-16-9-10-24(14-17(16)12-18)22-23-13-21(29-22)11-15-1-5-19(6-2-15)28-20-7-8-20/h1-6,12-13,20H,7-11,14H2. The number of nitrogens with zero attached hydrogens (tertiary/aromatic N) is 3. The second-order valence-corrected chi connectivity index (χ2v) is 8.72. The topological polar surface area (TPSA) is 68.5 Å². The summed E-state index contributed by atoms with van der Waals surface area (Å²) in [5.74, 6) is 0.947. The Bertz CT molecular complexity index is 1040. The van der Waals surface area contributed by atoms with E-state index in [-0.39, 0.29) is 10.6 Å². The van der Waals surface area contributed by atoms with E-state index in [0.717, 1.165) is 35.8 Å². The number of nitro benzene ring substituents is 1. The van der Waals surface area contributed by atoms with Gasteiger partial charge in [-0.3, -0.25) is 10.1 Å². The average molecular weight is 407 g/mol. The summed E-state index contributed by atoms with van der Waals surface area (Å²) in [4.78, 5) is 18.8. The molecule has 1 aliphatic heterocycles. The second-order valence-electron chi connectivity index (χ2n) is 7.63. The fourth-order valence-electron chi connectivity index (χ4n) is 3.61. The number of aromatic nitrogens is 1. The van der Waals surface area contributed by atoms with Gasteiger partial charge in [0, 0.05) is 42.7 Å². The molecule has 2 aliphatic rings. The molecule has 0 radical (unpaired) electrons. The Hall–Kier alpha value is -2.93. The molecule has 2 aromatic carbocycles. The van der Waals surface area contributed by atoms with Gasteiger partial charge in [-0.25, -0.2) is 4.98 Å². The summed E-state index contributed by atoms with van der Waals surface area (Å²) in [6.07, 6.45) is 6.42. The molecule has 3 aromatic rings. The third-order valence-corrected chi connectivity index (χ3v) is 6.41. The molecule has 1 aliphatic carbocycles. The monoisotopic (exact) mass is 407 g/mol. The molecule has 5 rings (SSSR count). The van der Waals surface area contributed by atoms with Crippen LogP contribution in [0, 0.1) is 10.1 Å². The molecule has 0 spiro atoms. The van der Waals surface area contributed by atoms with Gasteiger partial charge in [0.15, 0.2) is 5.13 Å². The molecule has 0 atom stereocenters. The maximum absolute atomic E-state index is 11.1. The van der Waals surface area contributed by atoms with E-state index in [4.69, 9.17) is 4.74 Å². The van der Waals surface area contributed by atoms with Crippen LogP contribution < -0.4 is 9.64 Å². The third-order valence-electron chi connectivity index (χ3n) is 5.35. The molecule has 148 valence electrons. The van der Waals surface area contributed by atoms with Crippen LogP contribution in [0.25, 0.3) is 0 Å². The first-order chi connectivity index (χ1) is 14.1. The Morgan fingerprint density at radius 2 is 2.00 bits per heavy atom. The highest BCUT2D eigenvalue weighted by Crippen LogP contribution is 2.31. The fraction of sp³-hybridized carbons (Fsp3) is 0.318. The molecular formula is C22H21N3O3S. The van der Waals surface area contributed by atoms with Crippen molar-refractivity contribution in [3.63, 3.8) is 0 Å². The van der Waals surface area contributed by atoms with Gasteiger partial charge in [0.25, 0.3) is 5.69 Å². The van der Waals surface area contributed by atoms with Crippen molar-refractivity contribution in [2.45, 2.75) is 38.3 Å². The fourth-order valence-corrected chi connectivity index (χ4v) is 4.58. The third kappa shape index (κ3) is 4.10. The molecule has 1 aromatic heterocycles. The number of rotatable bonds is 6. The molecule has 0 amide bonds. The maximum Gasteiger partial charge on any atom is 0.269 e. The number of anilines is 1. The van der Waals surface area contributed by atoms with Crippen molar-refractivity contribution < 1.29 is 9.66 Å². The number of nitro groups is 1. The lowest BCUT2D eigenvalue weighted by Crippen LogP contribution is -2.30. The highest BCUT2D eigenvalue weighted by atomic mass is 32.1. The van der Waals surface area contributed by atoms with E-state index in [1.165, 1.54) is 28.8 Å². The first kappa shape index (κ1) is 18.1. The molecule has 0 N–H and O–H groups in total. The van der Waals surface area contributed by atoms with Crippen LogP contribution in [0.15, 0.2) is 48.7 Å². The number of ether oxygens (including phenoxy) is 1. The number of hydrogen-bond donors (Lipinski definition) is 0. The van der Waals surface area contributed by atoms with Crippen LogP contribution in [-0.4, -0.2) is 22.6 Å². The van der Waals surface area contributed by atoms with Gasteiger partial charge in [0.2, 0.25) is 0 Å². The lowest BCUT2D eigenvalue weighted by molar-refractivity contribution is -0.384. The minimum absolute atomic E-state index is 0.152. The molecule has 6 nitrogen and oxygen atoms in total. The second kappa shape index (κ2) is 7.48. The van der Waals surface area contributed by atoms with Gasteiger partial charge in [0.05, 0.1) is 11.0 Å². The summed E-state index contributed by atoms with van der Waals surface area (Å²) in [6.45, 7) is 1.54. The summed E-state index contributed by atoms with van der Waals surface area (Å²) < 4.78 is 5.81. The van der Waals surface area contributed by atoms with Crippen molar-refractivity contribution in [1.82, 2.24) is 4.98 Å². The van der Waals surface area contributed by atoms with E-state index in [9.17, 15) is 10.1 Å². The largest absolute Gasteiger partial charge is 0.490 e. The molecule has 1 saturated carbocycles. The van der Waals surface area contributed by atoms with Crippen LogP contribution in [-0.2, 0) is 19.4 Å². The minimum Gasteiger partial charge on any atom is -0.490 e. The smallest absolute Gasteiger partial charge is 0.269 e. The van der Waals surface area contributed by atoms with Crippen LogP contribution in [0.1, 0.15) is 34.4 Å². The Labute approximate surface area is 172 Å². The Morgan fingerprint density at radius 3 is 2.76 bits per heavy atom. The van der Waals surface area contributed by atoms with Crippen molar-refractivity contribution in [3.8, 4) is 5.75 Å². The summed E-state index contributed by atoms with van der Waals surface area (Å²) in [5, 5.41) is 12.0. The zero-order valence-electron chi connectivity index (χ0n) is 15.9. The Balaban J connectivity index is 1.26. The van der Waals surface area contributed by atoms with Crippen molar-refractivity contribution in [3.05, 3.63) is 80.3 Å². The van der Waals surface area contributed by atoms with Crippen LogP contribution in [0.5, 0.6) is 5.75 Å². The van der Waals surface area contributed by atoms with Crippen LogP contribution in [0.2, 0.25) is 0 Å². The zero-order chi connectivity index (χ0) is 19.8. The first-order valence-corrected chi connectivity index (χ1v) is 10.7. The van der Waals surface area contributed by atoms with Crippen molar-refractivity contribution in [1.29, 1.82) is 0 Å². The summed E-state index contributed by atoms with van der Waals surface area (Å²) >= 11 is 1.69. The average Bonchev–Trinajstić information content (AvgIpc) is 3.43. The van der Waals surface area contributed by atoms with Gasteiger partial charge in [-0.05, 0) is 48.1 Å². The van der Waals surface area contributed by atoms with Gasteiger partial charge in [-0.1, -0.05) is 18.2 Å². The van der Waals surface area contributed by atoms with E-state index in [1.54, 1.807) is 23.5 Å². The Morgan fingerprint density at radius 1 is 1.17 bits per heavy atom. The molecular weight excluding hydrogens is 386 g/mol. The zero-order valence-corrected chi connectivity index (χ0v) is 16.7. The molecule has 0 unspecified atom stereocenters. The van der Waals surface area contributed by atoms with E-state index in [2.05, 4.69) is 22.0 Å². The number of thiazole rings is 1. The van der Waals surface area contributed by atoms with E-state index < -0.39 is 0 Å². The number of fused-ring (bicyclic) bond motifs is 1.